The van der Waals surface area contributed by atoms with Gasteiger partial charge in [-0.05, 0) is 19.1 Å². The minimum Gasteiger partial charge on any atom is -0.422 e. The van der Waals surface area contributed by atoms with Crippen LogP contribution in [-0.2, 0) is 0 Å². The molecule has 0 spiro atoms. The van der Waals surface area contributed by atoms with E-state index in [-0.39, 0.29) is 0 Å². The first-order chi connectivity index (χ1) is 9.33. The molecule has 0 saturated carbocycles. The van der Waals surface area contributed by atoms with Crippen molar-refractivity contribution in [3.8, 4) is 0 Å². The third kappa shape index (κ3) is 2.42. The van der Waals surface area contributed by atoms with Crippen LogP contribution in [0.4, 0.5) is 6.01 Å². The van der Waals surface area contributed by atoms with Crippen molar-refractivity contribution in [1.82, 2.24) is 15.0 Å². The van der Waals surface area contributed by atoms with Gasteiger partial charge in [-0.25, -0.2) is 5.43 Å². The average molecular weight is 253 g/mol. The number of oxazole rings is 1. The Morgan fingerprint density at radius 3 is 2.95 bits per heavy atom. The zero-order chi connectivity index (χ0) is 13.1. The number of benzene rings is 1. The van der Waals surface area contributed by atoms with Crippen molar-refractivity contribution in [2.24, 2.45) is 5.10 Å². The SMILES string of the molecule is CC(=NNc1nc2ccccc2o1)c1cnccn1. The van der Waals surface area contributed by atoms with Gasteiger partial charge in [0.15, 0.2) is 5.58 Å². The van der Waals surface area contributed by atoms with Crippen LogP contribution in [0, 0.1) is 0 Å². The number of hydrogen-bond donors (Lipinski definition) is 1. The molecule has 19 heavy (non-hydrogen) atoms. The molecule has 0 atom stereocenters. The van der Waals surface area contributed by atoms with Crippen molar-refractivity contribution in [1.29, 1.82) is 0 Å². The lowest BCUT2D eigenvalue weighted by Gasteiger charge is -1.98. The molecule has 0 saturated heterocycles. The Balaban J connectivity index is 1.82. The second-order valence-corrected chi connectivity index (χ2v) is 3.89. The van der Waals surface area contributed by atoms with E-state index in [1.807, 2.05) is 31.2 Å². The van der Waals surface area contributed by atoms with E-state index in [1.54, 1.807) is 18.6 Å². The first-order valence-corrected chi connectivity index (χ1v) is 5.75. The Hall–Kier alpha value is -2.76. The number of hydrazone groups is 1. The van der Waals surface area contributed by atoms with Gasteiger partial charge in [-0.3, -0.25) is 9.97 Å². The summed E-state index contributed by atoms with van der Waals surface area (Å²) in [4.78, 5) is 12.4. The molecular weight excluding hydrogens is 242 g/mol. The summed E-state index contributed by atoms with van der Waals surface area (Å²) >= 11 is 0. The molecule has 0 aliphatic carbocycles. The molecule has 0 bridgehead atoms. The van der Waals surface area contributed by atoms with Crippen LogP contribution in [0.2, 0.25) is 0 Å². The zero-order valence-corrected chi connectivity index (χ0v) is 10.2. The van der Waals surface area contributed by atoms with Gasteiger partial charge >= 0.3 is 6.01 Å². The third-order valence-electron chi connectivity index (χ3n) is 2.55. The summed E-state index contributed by atoms with van der Waals surface area (Å²) in [6.07, 6.45) is 4.88. The highest BCUT2D eigenvalue weighted by Crippen LogP contribution is 2.17. The highest BCUT2D eigenvalue weighted by molar-refractivity contribution is 5.96. The Morgan fingerprint density at radius 1 is 1.26 bits per heavy atom. The maximum absolute atomic E-state index is 5.49. The van der Waals surface area contributed by atoms with Crippen LogP contribution in [-0.4, -0.2) is 20.7 Å². The molecule has 1 N–H and O–H groups in total. The lowest BCUT2D eigenvalue weighted by molar-refractivity contribution is 0.617. The standard InChI is InChI=1S/C13H11N5O/c1-9(11-8-14-6-7-15-11)17-18-13-16-10-4-2-3-5-12(10)19-13/h2-8H,1H3,(H,16,18). The first-order valence-electron chi connectivity index (χ1n) is 5.75. The van der Waals surface area contributed by atoms with Gasteiger partial charge in [-0.15, -0.1) is 0 Å². The molecule has 0 unspecified atom stereocenters. The number of nitrogens with one attached hydrogen (secondary N) is 1. The second kappa shape index (κ2) is 4.85. The maximum Gasteiger partial charge on any atom is 0.316 e. The molecule has 6 nitrogen and oxygen atoms in total. The molecule has 94 valence electrons. The van der Waals surface area contributed by atoms with Gasteiger partial charge in [0, 0.05) is 12.4 Å². The van der Waals surface area contributed by atoms with E-state index < -0.39 is 0 Å². The van der Waals surface area contributed by atoms with Gasteiger partial charge in [0.2, 0.25) is 0 Å². The summed E-state index contributed by atoms with van der Waals surface area (Å²) in [7, 11) is 0. The molecule has 2 heterocycles. The van der Waals surface area contributed by atoms with Gasteiger partial charge in [0.05, 0.1) is 11.9 Å². The minimum absolute atomic E-state index is 0.351. The van der Waals surface area contributed by atoms with Crippen LogP contribution in [0.5, 0.6) is 0 Å². The number of anilines is 1. The van der Waals surface area contributed by atoms with Crippen molar-refractivity contribution < 1.29 is 4.42 Å². The van der Waals surface area contributed by atoms with Crippen molar-refractivity contribution in [3.63, 3.8) is 0 Å². The van der Waals surface area contributed by atoms with Gasteiger partial charge in [-0.1, -0.05) is 12.1 Å². The summed E-state index contributed by atoms with van der Waals surface area (Å²) in [6.45, 7) is 1.83. The predicted molar refractivity (Wildman–Crippen MR) is 71.9 cm³/mol. The van der Waals surface area contributed by atoms with Crippen LogP contribution in [0.15, 0.2) is 52.4 Å². The molecule has 2 aromatic heterocycles. The molecule has 6 heteroatoms. The smallest absolute Gasteiger partial charge is 0.316 e. The Labute approximate surface area is 109 Å². The largest absolute Gasteiger partial charge is 0.422 e. The van der Waals surface area contributed by atoms with Crippen LogP contribution < -0.4 is 5.43 Å². The summed E-state index contributed by atoms with van der Waals surface area (Å²) < 4.78 is 5.49. The highest BCUT2D eigenvalue weighted by atomic mass is 16.4. The second-order valence-electron chi connectivity index (χ2n) is 3.89. The lowest BCUT2D eigenvalue weighted by atomic mass is 10.3. The fourth-order valence-electron chi connectivity index (χ4n) is 1.59. The molecular formula is C13H11N5O. The minimum atomic E-state index is 0.351. The average Bonchev–Trinajstić information content (AvgIpc) is 2.88. The van der Waals surface area contributed by atoms with E-state index in [4.69, 9.17) is 4.42 Å². The van der Waals surface area contributed by atoms with Gasteiger partial charge in [0.1, 0.15) is 11.2 Å². The summed E-state index contributed by atoms with van der Waals surface area (Å²) in [5, 5.41) is 4.17. The molecule has 0 fully saturated rings. The topological polar surface area (TPSA) is 76.2 Å². The summed E-state index contributed by atoms with van der Waals surface area (Å²) in [5.41, 5.74) is 5.69. The van der Waals surface area contributed by atoms with Crippen LogP contribution >= 0.6 is 0 Å². The quantitative estimate of drug-likeness (QED) is 0.573. The number of hydrogen-bond acceptors (Lipinski definition) is 6. The van der Waals surface area contributed by atoms with Crippen LogP contribution in [0.25, 0.3) is 11.1 Å². The number of fused-ring (bicyclic) bond motifs is 1. The van der Waals surface area contributed by atoms with Gasteiger partial charge in [0.25, 0.3) is 0 Å². The molecule has 1 aromatic carbocycles. The summed E-state index contributed by atoms with van der Waals surface area (Å²) in [5.74, 6) is 0. The number of aromatic nitrogens is 3. The van der Waals surface area contributed by atoms with E-state index in [0.29, 0.717) is 17.4 Å². The first kappa shape index (κ1) is 11.3. The van der Waals surface area contributed by atoms with Gasteiger partial charge in [-0.2, -0.15) is 10.1 Å². The maximum atomic E-state index is 5.49. The predicted octanol–water partition coefficient (Wildman–Crippen LogP) is 2.45. The lowest BCUT2D eigenvalue weighted by Crippen LogP contribution is -2.02. The van der Waals surface area contributed by atoms with E-state index in [0.717, 1.165) is 11.1 Å². The molecule has 3 aromatic rings. The Morgan fingerprint density at radius 2 is 2.16 bits per heavy atom. The molecule has 0 amide bonds. The van der Waals surface area contributed by atoms with E-state index in [9.17, 15) is 0 Å². The summed E-state index contributed by atoms with van der Waals surface area (Å²) in [6, 6.07) is 7.88. The normalized spacial score (nSPS) is 11.7. The Kier molecular flexibility index (Phi) is 2.89. The number of para-hydroxylation sites is 2. The van der Waals surface area contributed by atoms with E-state index in [2.05, 4.69) is 25.5 Å². The molecule has 0 radical (unpaired) electrons. The highest BCUT2D eigenvalue weighted by Gasteiger charge is 2.04. The Bertz CT molecular complexity index is 687. The fourth-order valence-corrected chi connectivity index (χ4v) is 1.59. The van der Waals surface area contributed by atoms with Crippen molar-refractivity contribution in [2.45, 2.75) is 6.92 Å². The molecule has 3 rings (SSSR count). The van der Waals surface area contributed by atoms with Crippen LogP contribution in [0.1, 0.15) is 12.6 Å². The van der Waals surface area contributed by atoms with Crippen LogP contribution in [0.3, 0.4) is 0 Å². The fraction of sp³-hybridized carbons (Fsp3) is 0.0769. The third-order valence-corrected chi connectivity index (χ3v) is 2.55. The van der Waals surface area contributed by atoms with Crippen molar-refractivity contribution in [3.05, 3.63) is 48.5 Å². The molecule has 0 aliphatic heterocycles. The monoisotopic (exact) mass is 253 g/mol. The number of rotatable bonds is 3. The van der Waals surface area contributed by atoms with Gasteiger partial charge < -0.3 is 4.42 Å². The van der Waals surface area contributed by atoms with E-state index in [1.165, 1.54) is 0 Å². The van der Waals surface area contributed by atoms with Crippen molar-refractivity contribution in [2.75, 3.05) is 5.43 Å². The molecule has 0 aliphatic rings. The van der Waals surface area contributed by atoms with E-state index >= 15 is 0 Å². The zero-order valence-electron chi connectivity index (χ0n) is 10.2. The van der Waals surface area contributed by atoms with Crippen molar-refractivity contribution >= 4 is 22.8 Å². The number of nitrogens with zero attached hydrogens (tertiary/aromatic N) is 4.